The predicted molar refractivity (Wildman–Crippen MR) is 108 cm³/mol. The number of nitrogens with zero attached hydrogens (tertiary/aromatic N) is 5. The van der Waals surface area contributed by atoms with Crippen LogP contribution in [0.4, 0.5) is 5.95 Å². The van der Waals surface area contributed by atoms with Crippen LogP contribution in [0.2, 0.25) is 5.15 Å². The van der Waals surface area contributed by atoms with Crippen molar-refractivity contribution in [1.82, 2.24) is 29.3 Å². The van der Waals surface area contributed by atoms with Crippen LogP contribution < -0.4 is 16.1 Å². The number of imidazole rings is 1. The SMILES string of the molecule is Cc1nn(CC(C)C)c(Cl)c1C1CCCN1c1nc2c([nH]1)c(=O)[nH]c(=O)n2C. The first-order valence-electron chi connectivity index (χ1n) is 9.46. The zero-order valence-corrected chi connectivity index (χ0v) is 17.2. The summed E-state index contributed by atoms with van der Waals surface area (Å²) in [5.41, 5.74) is 1.59. The van der Waals surface area contributed by atoms with Gasteiger partial charge in [0.2, 0.25) is 5.95 Å². The number of aryl methyl sites for hydroxylation is 2. The second-order valence-electron chi connectivity index (χ2n) is 7.79. The first-order chi connectivity index (χ1) is 13.3. The highest BCUT2D eigenvalue weighted by atomic mass is 35.5. The Morgan fingerprint density at radius 3 is 2.75 bits per heavy atom. The molecule has 0 saturated carbocycles. The normalized spacial score (nSPS) is 17.4. The number of aromatic nitrogens is 6. The van der Waals surface area contributed by atoms with Gasteiger partial charge in [0.1, 0.15) is 5.15 Å². The molecule has 0 bridgehead atoms. The molecule has 4 rings (SSSR count). The zero-order chi connectivity index (χ0) is 20.2. The van der Waals surface area contributed by atoms with Gasteiger partial charge in [0.05, 0.1) is 11.7 Å². The Hall–Kier alpha value is -2.55. The van der Waals surface area contributed by atoms with E-state index in [-0.39, 0.29) is 6.04 Å². The van der Waals surface area contributed by atoms with Crippen molar-refractivity contribution in [2.24, 2.45) is 13.0 Å². The van der Waals surface area contributed by atoms with E-state index in [1.54, 1.807) is 7.05 Å². The molecule has 0 radical (unpaired) electrons. The van der Waals surface area contributed by atoms with Gasteiger partial charge in [-0.3, -0.25) is 19.0 Å². The van der Waals surface area contributed by atoms with Crippen molar-refractivity contribution >= 4 is 28.7 Å². The smallest absolute Gasteiger partial charge is 0.329 e. The van der Waals surface area contributed by atoms with Crippen LogP contribution in [0.3, 0.4) is 0 Å². The van der Waals surface area contributed by atoms with Crippen molar-refractivity contribution in [3.8, 4) is 0 Å². The van der Waals surface area contributed by atoms with Crippen LogP contribution in [0.25, 0.3) is 11.2 Å². The van der Waals surface area contributed by atoms with Crippen LogP contribution in [0.5, 0.6) is 0 Å². The molecule has 1 saturated heterocycles. The number of rotatable bonds is 4. The summed E-state index contributed by atoms with van der Waals surface area (Å²) in [5.74, 6) is 1.00. The molecule has 0 aromatic carbocycles. The average Bonchev–Trinajstić information content (AvgIpc) is 3.31. The highest BCUT2D eigenvalue weighted by Crippen LogP contribution is 2.39. The molecule has 1 unspecified atom stereocenters. The third-order valence-corrected chi connectivity index (χ3v) is 5.65. The van der Waals surface area contributed by atoms with E-state index in [4.69, 9.17) is 11.6 Å². The maximum Gasteiger partial charge on any atom is 0.329 e. The van der Waals surface area contributed by atoms with Gasteiger partial charge >= 0.3 is 5.69 Å². The van der Waals surface area contributed by atoms with E-state index in [1.165, 1.54) is 4.57 Å². The molecule has 1 aliphatic heterocycles. The van der Waals surface area contributed by atoms with Gasteiger partial charge in [-0.2, -0.15) is 10.1 Å². The second kappa shape index (κ2) is 6.80. The Bertz CT molecular complexity index is 1150. The van der Waals surface area contributed by atoms with Gasteiger partial charge in [-0.05, 0) is 25.7 Å². The van der Waals surface area contributed by atoms with Gasteiger partial charge < -0.3 is 9.88 Å². The van der Waals surface area contributed by atoms with Gasteiger partial charge in [-0.15, -0.1) is 0 Å². The van der Waals surface area contributed by atoms with Crippen LogP contribution in [-0.4, -0.2) is 35.8 Å². The summed E-state index contributed by atoms with van der Waals surface area (Å²) in [5, 5.41) is 5.29. The van der Waals surface area contributed by atoms with E-state index in [9.17, 15) is 9.59 Å². The topological polar surface area (TPSA) is 105 Å². The summed E-state index contributed by atoms with van der Waals surface area (Å²) in [6.07, 6.45) is 1.89. The van der Waals surface area contributed by atoms with Crippen LogP contribution in [-0.2, 0) is 13.6 Å². The largest absolute Gasteiger partial charge is 0.335 e. The van der Waals surface area contributed by atoms with Crippen molar-refractivity contribution in [2.45, 2.75) is 46.2 Å². The highest BCUT2D eigenvalue weighted by Gasteiger charge is 2.33. The third-order valence-electron chi connectivity index (χ3n) is 5.25. The van der Waals surface area contributed by atoms with Crippen LogP contribution in [0.1, 0.15) is 44.0 Å². The minimum Gasteiger partial charge on any atom is -0.335 e. The quantitative estimate of drug-likeness (QED) is 0.691. The van der Waals surface area contributed by atoms with Gasteiger partial charge in [-0.1, -0.05) is 25.4 Å². The Kier molecular flexibility index (Phi) is 4.57. The van der Waals surface area contributed by atoms with Crippen molar-refractivity contribution in [2.75, 3.05) is 11.4 Å². The predicted octanol–water partition coefficient (Wildman–Crippen LogP) is 2.11. The first kappa shape index (κ1) is 18.8. The van der Waals surface area contributed by atoms with E-state index in [1.807, 2.05) is 11.6 Å². The Morgan fingerprint density at radius 2 is 2.04 bits per heavy atom. The summed E-state index contributed by atoms with van der Waals surface area (Å²) in [6, 6.07) is 0.0186. The Labute approximate surface area is 166 Å². The summed E-state index contributed by atoms with van der Waals surface area (Å²) in [4.78, 5) is 36.1. The van der Waals surface area contributed by atoms with Crippen LogP contribution in [0, 0.1) is 12.8 Å². The van der Waals surface area contributed by atoms with Gasteiger partial charge in [0.25, 0.3) is 5.56 Å². The zero-order valence-electron chi connectivity index (χ0n) is 16.4. The number of nitrogens with one attached hydrogen (secondary N) is 2. The summed E-state index contributed by atoms with van der Waals surface area (Å²) in [7, 11) is 1.59. The first-order valence-corrected chi connectivity index (χ1v) is 9.84. The molecule has 28 heavy (non-hydrogen) atoms. The van der Waals surface area contributed by atoms with Gasteiger partial charge in [0, 0.05) is 25.7 Å². The molecule has 3 aromatic heterocycles. The number of halogens is 1. The standard InChI is InChI=1S/C18H24ClN7O2/c1-9(2)8-26-14(19)12(10(3)23-26)11-6-5-7-25(11)17-20-13-15(21-17)24(4)18(28)22-16(13)27/h9,11H,5-8H2,1-4H3,(H,20,21)(H,22,27,28). The minimum absolute atomic E-state index is 0.0186. The number of hydrogen-bond acceptors (Lipinski definition) is 5. The lowest BCUT2D eigenvalue weighted by molar-refractivity contribution is 0.481. The molecule has 0 aliphatic carbocycles. The second-order valence-corrected chi connectivity index (χ2v) is 8.15. The van der Waals surface area contributed by atoms with E-state index < -0.39 is 11.2 Å². The highest BCUT2D eigenvalue weighted by molar-refractivity contribution is 6.30. The fourth-order valence-electron chi connectivity index (χ4n) is 3.96. The molecule has 1 fully saturated rings. The van der Waals surface area contributed by atoms with Gasteiger partial charge in [0.15, 0.2) is 11.2 Å². The number of aromatic amines is 2. The molecule has 150 valence electrons. The molecular weight excluding hydrogens is 382 g/mol. The van der Waals surface area contributed by atoms with Crippen molar-refractivity contribution in [1.29, 1.82) is 0 Å². The summed E-state index contributed by atoms with van der Waals surface area (Å²) >= 11 is 6.70. The van der Waals surface area contributed by atoms with E-state index in [0.29, 0.717) is 28.2 Å². The Balaban J connectivity index is 1.78. The number of anilines is 1. The number of fused-ring (bicyclic) bond motifs is 1. The molecule has 2 N–H and O–H groups in total. The maximum absolute atomic E-state index is 12.2. The van der Waals surface area contributed by atoms with E-state index >= 15 is 0 Å². The van der Waals surface area contributed by atoms with E-state index in [2.05, 4.69) is 38.8 Å². The fraction of sp³-hybridized carbons (Fsp3) is 0.556. The average molecular weight is 406 g/mol. The molecule has 0 spiro atoms. The lowest BCUT2D eigenvalue weighted by Gasteiger charge is -2.24. The number of H-pyrrole nitrogens is 2. The van der Waals surface area contributed by atoms with Crippen molar-refractivity contribution in [3.63, 3.8) is 0 Å². The minimum atomic E-state index is -0.484. The molecule has 0 amide bonds. The lowest BCUT2D eigenvalue weighted by Crippen LogP contribution is -2.28. The molecule has 9 nitrogen and oxygen atoms in total. The van der Waals surface area contributed by atoms with Crippen molar-refractivity contribution in [3.05, 3.63) is 37.2 Å². The van der Waals surface area contributed by atoms with Gasteiger partial charge in [-0.25, -0.2) is 4.79 Å². The maximum atomic E-state index is 12.2. The van der Waals surface area contributed by atoms with Crippen molar-refractivity contribution < 1.29 is 0 Å². The summed E-state index contributed by atoms with van der Waals surface area (Å²) < 4.78 is 3.20. The molecule has 3 aromatic rings. The Morgan fingerprint density at radius 1 is 1.29 bits per heavy atom. The summed E-state index contributed by atoms with van der Waals surface area (Å²) in [6.45, 7) is 7.77. The molecular formula is C18H24ClN7O2. The molecule has 1 atom stereocenters. The third kappa shape index (κ3) is 2.94. The lowest BCUT2D eigenvalue weighted by atomic mass is 10.1. The van der Waals surface area contributed by atoms with Crippen LogP contribution >= 0.6 is 11.6 Å². The van der Waals surface area contributed by atoms with E-state index in [0.717, 1.165) is 37.2 Å². The fourth-order valence-corrected chi connectivity index (χ4v) is 4.33. The molecule has 10 heteroatoms. The molecule has 4 heterocycles. The number of hydrogen-bond donors (Lipinski definition) is 2. The van der Waals surface area contributed by atoms with Crippen LogP contribution in [0.15, 0.2) is 9.59 Å². The molecule has 1 aliphatic rings. The monoisotopic (exact) mass is 405 g/mol.